The normalized spacial score (nSPS) is 53.4. The van der Waals surface area contributed by atoms with Gasteiger partial charge in [0.2, 0.25) is 0 Å². The molecule has 24 heavy (non-hydrogen) atoms. The van der Waals surface area contributed by atoms with Crippen LogP contribution in [0, 0.1) is 52.3 Å². The Morgan fingerprint density at radius 2 is 1.71 bits per heavy atom. The molecule has 1 heteroatoms. The van der Waals surface area contributed by atoms with Gasteiger partial charge >= 0.3 is 0 Å². The summed E-state index contributed by atoms with van der Waals surface area (Å²) in [6, 6.07) is 0. The Hall–Kier alpha value is -0.770. The number of terminal acetylenes is 1. The quantitative estimate of drug-likeness (QED) is 0.571. The molecule has 1 nitrogen and oxygen atoms in total. The fourth-order valence-corrected chi connectivity index (χ4v) is 8.25. The van der Waals surface area contributed by atoms with Crippen LogP contribution in [-0.4, -0.2) is 5.78 Å². The van der Waals surface area contributed by atoms with E-state index in [0.717, 1.165) is 24.2 Å². The van der Waals surface area contributed by atoms with Crippen LogP contribution in [0.4, 0.5) is 0 Å². The molecule has 0 aromatic rings. The maximum atomic E-state index is 12.6. The van der Waals surface area contributed by atoms with Gasteiger partial charge in [-0.1, -0.05) is 32.6 Å². The number of hydrogen-bond acceptors (Lipinski definition) is 1. The molecule has 0 aromatic carbocycles. The maximum Gasteiger partial charge on any atom is 0.148 e. The number of carbonyl (C=O) groups excluding carboxylic acids is 1. The SMILES string of the molecule is C#C[C@]1(C(C)=O)CC[C@H]2[C@@H]3CCC4CCCC[C@]4(C)[C@H]3CC[C@@]21C. The second-order valence-corrected chi connectivity index (χ2v) is 10.0. The molecule has 1 unspecified atom stereocenters. The van der Waals surface area contributed by atoms with E-state index in [1.54, 1.807) is 6.92 Å². The van der Waals surface area contributed by atoms with E-state index in [1.165, 1.54) is 57.8 Å². The lowest BCUT2D eigenvalue weighted by Gasteiger charge is -2.61. The van der Waals surface area contributed by atoms with E-state index < -0.39 is 5.41 Å². The highest BCUT2D eigenvalue weighted by molar-refractivity contribution is 5.87. The van der Waals surface area contributed by atoms with E-state index in [2.05, 4.69) is 19.8 Å². The summed E-state index contributed by atoms with van der Waals surface area (Å²) in [4.78, 5) is 12.6. The summed E-state index contributed by atoms with van der Waals surface area (Å²) in [5.74, 6) is 6.62. The Labute approximate surface area is 148 Å². The van der Waals surface area contributed by atoms with Gasteiger partial charge in [-0.15, -0.1) is 6.42 Å². The Morgan fingerprint density at radius 3 is 2.42 bits per heavy atom. The van der Waals surface area contributed by atoms with Gasteiger partial charge in [0.1, 0.15) is 5.78 Å². The van der Waals surface area contributed by atoms with Gasteiger partial charge in [0.05, 0.1) is 5.41 Å². The van der Waals surface area contributed by atoms with E-state index >= 15 is 0 Å². The van der Waals surface area contributed by atoms with Crippen LogP contribution >= 0.6 is 0 Å². The zero-order valence-corrected chi connectivity index (χ0v) is 15.9. The molecule has 132 valence electrons. The van der Waals surface area contributed by atoms with E-state index in [4.69, 9.17) is 6.42 Å². The molecule has 4 aliphatic carbocycles. The smallest absolute Gasteiger partial charge is 0.148 e. The molecule has 4 rings (SSSR count). The van der Waals surface area contributed by atoms with Crippen LogP contribution in [0.5, 0.6) is 0 Å². The van der Waals surface area contributed by atoms with Crippen molar-refractivity contribution in [1.82, 2.24) is 0 Å². The van der Waals surface area contributed by atoms with Gasteiger partial charge in [-0.3, -0.25) is 4.79 Å². The molecule has 4 saturated carbocycles. The van der Waals surface area contributed by atoms with Gasteiger partial charge in [0, 0.05) is 0 Å². The molecule has 0 radical (unpaired) electrons. The van der Waals surface area contributed by atoms with Gasteiger partial charge in [-0.25, -0.2) is 0 Å². The number of fused-ring (bicyclic) bond motifs is 5. The minimum atomic E-state index is -0.479. The van der Waals surface area contributed by atoms with Crippen molar-refractivity contribution >= 4 is 5.78 Å². The third kappa shape index (κ3) is 1.87. The lowest BCUT2D eigenvalue weighted by atomic mass is 9.43. The average molecular weight is 327 g/mol. The number of Topliss-reactive ketones (excluding diaryl/α,β-unsaturated/α-hetero) is 1. The van der Waals surface area contributed by atoms with Crippen LogP contribution in [0.2, 0.25) is 0 Å². The Kier molecular flexibility index (Phi) is 3.73. The van der Waals surface area contributed by atoms with Crippen molar-refractivity contribution < 1.29 is 4.79 Å². The lowest BCUT2D eigenvalue weighted by Crippen LogP contribution is -2.55. The summed E-state index contributed by atoms with van der Waals surface area (Å²) in [5, 5.41) is 0. The highest BCUT2D eigenvalue weighted by atomic mass is 16.1. The van der Waals surface area contributed by atoms with Gasteiger partial charge in [-0.05, 0) is 92.8 Å². The summed E-state index contributed by atoms with van der Waals surface area (Å²) >= 11 is 0. The van der Waals surface area contributed by atoms with Crippen LogP contribution < -0.4 is 0 Å². The zero-order chi connectivity index (χ0) is 17.2. The molecule has 0 aromatic heterocycles. The van der Waals surface area contributed by atoms with Gasteiger partial charge in [0.25, 0.3) is 0 Å². The number of ketones is 1. The average Bonchev–Trinajstić information content (AvgIpc) is 2.87. The second kappa shape index (κ2) is 5.36. The van der Waals surface area contributed by atoms with Crippen LogP contribution in [0.3, 0.4) is 0 Å². The predicted octanol–water partition coefficient (Wildman–Crippen LogP) is 5.63. The second-order valence-electron chi connectivity index (χ2n) is 10.0. The third-order valence-corrected chi connectivity index (χ3v) is 9.63. The molecule has 0 N–H and O–H groups in total. The molecule has 4 fully saturated rings. The standard InChI is InChI=1S/C23H34O/c1-5-23(16(2)24)15-12-20-18-10-9-17-8-6-7-13-21(17,3)19(18)11-14-22(20,23)4/h1,17-20H,6-15H2,2-4H3/t17?,18-,19+,20+,21+,22+,23-/m1/s1. The van der Waals surface area contributed by atoms with Gasteiger partial charge < -0.3 is 0 Å². The third-order valence-electron chi connectivity index (χ3n) is 9.63. The van der Waals surface area contributed by atoms with Crippen LogP contribution in [0.25, 0.3) is 0 Å². The van der Waals surface area contributed by atoms with Crippen LogP contribution in [-0.2, 0) is 4.79 Å². The number of rotatable bonds is 1. The van der Waals surface area contributed by atoms with Crippen molar-refractivity contribution in [1.29, 1.82) is 0 Å². The van der Waals surface area contributed by atoms with Gasteiger partial charge in [-0.2, -0.15) is 0 Å². The number of hydrogen-bond donors (Lipinski definition) is 0. The van der Waals surface area contributed by atoms with Crippen molar-refractivity contribution in [3.05, 3.63) is 0 Å². The first-order chi connectivity index (χ1) is 11.4. The Balaban J connectivity index is 1.69. The summed E-state index contributed by atoms with van der Waals surface area (Å²) in [6.45, 7) is 6.74. The molecule has 0 spiro atoms. The molecule has 0 saturated heterocycles. The molecule has 0 heterocycles. The number of carbonyl (C=O) groups is 1. The first-order valence-corrected chi connectivity index (χ1v) is 10.4. The zero-order valence-electron chi connectivity index (χ0n) is 15.9. The molecular weight excluding hydrogens is 292 g/mol. The van der Waals surface area contributed by atoms with E-state index in [0.29, 0.717) is 11.3 Å². The largest absolute Gasteiger partial charge is 0.298 e. The summed E-state index contributed by atoms with van der Waals surface area (Å²) in [6.07, 6.45) is 19.2. The molecule has 0 aliphatic heterocycles. The molecule has 7 atom stereocenters. The summed E-state index contributed by atoms with van der Waals surface area (Å²) in [5.41, 5.74) is 0.139. The maximum absolute atomic E-state index is 12.6. The fourth-order valence-electron chi connectivity index (χ4n) is 8.25. The van der Waals surface area contributed by atoms with E-state index in [1.807, 2.05) is 0 Å². The van der Waals surface area contributed by atoms with Crippen LogP contribution in [0.1, 0.15) is 85.0 Å². The monoisotopic (exact) mass is 326 g/mol. The Bertz CT molecular complexity index is 585. The lowest BCUT2D eigenvalue weighted by molar-refractivity contribution is -0.141. The minimum absolute atomic E-state index is 0.0482. The highest BCUT2D eigenvalue weighted by Gasteiger charge is 2.65. The first-order valence-electron chi connectivity index (χ1n) is 10.4. The van der Waals surface area contributed by atoms with Crippen molar-refractivity contribution in [2.75, 3.05) is 0 Å². The molecule has 4 aliphatic rings. The highest BCUT2D eigenvalue weighted by Crippen LogP contribution is 2.70. The predicted molar refractivity (Wildman–Crippen MR) is 98.3 cm³/mol. The van der Waals surface area contributed by atoms with Crippen molar-refractivity contribution in [3.8, 4) is 12.3 Å². The molecule has 0 bridgehead atoms. The fraction of sp³-hybridized carbons (Fsp3) is 0.870. The first kappa shape index (κ1) is 16.7. The Morgan fingerprint density at radius 1 is 0.958 bits per heavy atom. The van der Waals surface area contributed by atoms with Crippen molar-refractivity contribution in [2.45, 2.75) is 85.0 Å². The van der Waals surface area contributed by atoms with E-state index in [-0.39, 0.29) is 11.2 Å². The summed E-state index contributed by atoms with van der Waals surface area (Å²) < 4.78 is 0. The van der Waals surface area contributed by atoms with Crippen molar-refractivity contribution in [2.24, 2.45) is 39.9 Å². The van der Waals surface area contributed by atoms with Crippen LogP contribution in [0.15, 0.2) is 0 Å². The topological polar surface area (TPSA) is 17.1 Å². The minimum Gasteiger partial charge on any atom is -0.298 e. The van der Waals surface area contributed by atoms with Crippen molar-refractivity contribution in [3.63, 3.8) is 0 Å². The van der Waals surface area contributed by atoms with E-state index in [9.17, 15) is 4.79 Å². The summed E-state index contributed by atoms with van der Waals surface area (Å²) in [7, 11) is 0. The molecule has 0 amide bonds. The molecular formula is C23H34O. The van der Waals surface area contributed by atoms with Gasteiger partial charge in [0.15, 0.2) is 0 Å².